The lowest BCUT2D eigenvalue weighted by Crippen LogP contribution is -2.13. The number of hydrogen-bond donors (Lipinski definition) is 0. The Labute approximate surface area is 116 Å². The van der Waals surface area contributed by atoms with Gasteiger partial charge in [-0.2, -0.15) is 0 Å². The molecule has 106 valence electrons. The number of nitrogens with zero attached hydrogens (tertiary/aromatic N) is 2. The maximum Gasteiger partial charge on any atom is 0.148 e. The molecule has 0 aliphatic heterocycles. The first-order chi connectivity index (χ1) is 8.48. The van der Waals surface area contributed by atoms with Crippen molar-refractivity contribution in [3.05, 3.63) is 23.7 Å². The van der Waals surface area contributed by atoms with Gasteiger partial charge in [0.2, 0.25) is 0 Å². The first-order valence-electron chi connectivity index (χ1n) is 6.71. The molecule has 0 aromatic carbocycles. The van der Waals surface area contributed by atoms with Crippen LogP contribution in [-0.4, -0.2) is 22.5 Å². The van der Waals surface area contributed by atoms with E-state index in [0.717, 1.165) is 22.9 Å². The van der Waals surface area contributed by atoms with Crippen LogP contribution in [0, 0.1) is 0 Å². The van der Waals surface area contributed by atoms with Crippen molar-refractivity contribution in [3.8, 4) is 0 Å². The molecule has 0 saturated carbocycles. The maximum absolute atomic E-state index is 5.84. The summed E-state index contributed by atoms with van der Waals surface area (Å²) in [6.45, 7) is 16.4. The molecule has 0 amide bonds. The minimum atomic E-state index is -0.0917. The van der Waals surface area contributed by atoms with Gasteiger partial charge in [-0.05, 0) is 67.5 Å². The summed E-state index contributed by atoms with van der Waals surface area (Å²) >= 11 is 0. The summed E-state index contributed by atoms with van der Waals surface area (Å²) in [4.78, 5) is 9.22. The molecule has 1 heterocycles. The average Bonchev–Trinajstić information content (AvgIpc) is 2.60. The van der Waals surface area contributed by atoms with Gasteiger partial charge >= 0.3 is 0 Å². The molecule has 0 N–H and O–H groups in total. The van der Waals surface area contributed by atoms with E-state index in [2.05, 4.69) is 51.5 Å². The predicted molar refractivity (Wildman–Crippen MR) is 82.6 cm³/mol. The van der Waals surface area contributed by atoms with E-state index in [1.807, 2.05) is 26.0 Å². The zero-order valence-electron chi connectivity index (χ0n) is 13.5. The number of furan rings is 1. The fourth-order valence-electron chi connectivity index (χ4n) is 1.84. The van der Waals surface area contributed by atoms with Gasteiger partial charge in [-0.25, -0.2) is 0 Å². The van der Waals surface area contributed by atoms with Gasteiger partial charge in [0.1, 0.15) is 11.5 Å². The quantitative estimate of drug-likeness (QED) is 0.723. The molecule has 0 spiro atoms. The van der Waals surface area contributed by atoms with E-state index in [1.165, 1.54) is 0 Å². The smallest absolute Gasteiger partial charge is 0.148 e. The van der Waals surface area contributed by atoms with Crippen LogP contribution < -0.4 is 0 Å². The van der Waals surface area contributed by atoms with Gasteiger partial charge in [0.25, 0.3) is 0 Å². The zero-order chi connectivity index (χ0) is 14.8. The Morgan fingerprint density at radius 2 is 1.11 bits per heavy atom. The van der Waals surface area contributed by atoms with Gasteiger partial charge in [-0.15, -0.1) is 0 Å². The van der Waals surface area contributed by atoms with Crippen molar-refractivity contribution in [1.82, 2.24) is 0 Å². The molecule has 1 aromatic heterocycles. The molecule has 3 nitrogen and oxygen atoms in total. The van der Waals surface area contributed by atoms with Crippen LogP contribution in [0.25, 0.3) is 0 Å². The maximum atomic E-state index is 5.84. The van der Waals surface area contributed by atoms with E-state index >= 15 is 0 Å². The standard InChI is InChI=1S/C16H26N2O/c1-11(17-15(3,4)5)13-9-10-14(19-13)12(2)18-16(6,7)8/h9-10H,1-8H3. The fraction of sp³-hybridized carbons (Fsp3) is 0.625. The van der Waals surface area contributed by atoms with E-state index in [-0.39, 0.29) is 11.1 Å². The highest BCUT2D eigenvalue weighted by molar-refractivity contribution is 6.00. The summed E-state index contributed by atoms with van der Waals surface area (Å²) in [5, 5.41) is 0. The third-order valence-corrected chi connectivity index (χ3v) is 2.33. The van der Waals surface area contributed by atoms with Gasteiger partial charge in [0, 0.05) is 0 Å². The number of aliphatic imine (C=N–C) groups is 2. The average molecular weight is 262 g/mol. The van der Waals surface area contributed by atoms with Gasteiger partial charge in [0.15, 0.2) is 0 Å². The van der Waals surface area contributed by atoms with Crippen LogP contribution >= 0.6 is 0 Å². The fourth-order valence-corrected chi connectivity index (χ4v) is 1.84. The largest absolute Gasteiger partial charge is 0.454 e. The van der Waals surface area contributed by atoms with Crippen molar-refractivity contribution in [3.63, 3.8) is 0 Å². The highest BCUT2D eigenvalue weighted by Crippen LogP contribution is 2.16. The summed E-state index contributed by atoms with van der Waals surface area (Å²) in [6, 6.07) is 3.92. The highest BCUT2D eigenvalue weighted by atomic mass is 16.3. The predicted octanol–water partition coefficient (Wildman–Crippen LogP) is 4.49. The van der Waals surface area contributed by atoms with E-state index in [1.54, 1.807) is 0 Å². The molecule has 0 unspecified atom stereocenters. The molecule has 3 heteroatoms. The summed E-state index contributed by atoms with van der Waals surface area (Å²) in [5.74, 6) is 1.63. The summed E-state index contributed by atoms with van der Waals surface area (Å²) in [7, 11) is 0. The Hall–Kier alpha value is -1.38. The number of rotatable bonds is 2. The minimum absolute atomic E-state index is 0.0917. The SMILES string of the molecule is CC(=NC(C)(C)C)c1ccc(C(C)=NC(C)(C)C)o1. The Balaban J connectivity index is 3.02. The van der Waals surface area contributed by atoms with Gasteiger partial charge in [-0.1, -0.05) is 0 Å². The van der Waals surface area contributed by atoms with Gasteiger partial charge in [-0.3, -0.25) is 9.98 Å². The lowest BCUT2D eigenvalue weighted by Gasteiger charge is -2.13. The van der Waals surface area contributed by atoms with Crippen molar-refractivity contribution in [2.24, 2.45) is 9.98 Å². The Kier molecular flexibility index (Phi) is 4.39. The normalized spacial score (nSPS) is 14.9. The second-order valence-corrected chi connectivity index (χ2v) is 6.90. The third-order valence-electron chi connectivity index (χ3n) is 2.33. The van der Waals surface area contributed by atoms with Crippen molar-refractivity contribution >= 4 is 11.4 Å². The van der Waals surface area contributed by atoms with Crippen molar-refractivity contribution in [2.75, 3.05) is 0 Å². The van der Waals surface area contributed by atoms with Crippen LogP contribution in [-0.2, 0) is 0 Å². The molecule has 0 bridgehead atoms. The van der Waals surface area contributed by atoms with E-state index in [9.17, 15) is 0 Å². The van der Waals surface area contributed by atoms with Crippen LogP contribution in [0.1, 0.15) is 66.9 Å². The van der Waals surface area contributed by atoms with Crippen LogP contribution in [0.2, 0.25) is 0 Å². The molecule has 0 radical (unpaired) electrons. The molecule has 0 fully saturated rings. The second-order valence-electron chi connectivity index (χ2n) is 6.90. The summed E-state index contributed by atoms with van der Waals surface area (Å²) in [5.41, 5.74) is 1.65. The van der Waals surface area contributed by atoms with Crippen molar-refractivity contribution in [2.45, 2.75) is 66.5 Å². The molecule has 0 aliphatic rings. The Morgan fingerprint density at radius 3 is 1.37 bits per heavy atom. The Bertz CT molecular complexity index is 449. The van der Waals surface area contributed by atoms with Gasteiger partial charge in [0.05, 0.1) is 22.5 Å². The molecule has 1 aromatic rings. The first kappa shape index (κ1) is 15.7. The highest BCUT2D eigenvalue weighted by Gasteiger charge is 2.14. The van der Waals surface area contributed by atoms with Gasteiger partial charge < -0.3 is 4.42 Å². The Morgan fingerprint density at radius 1 is 0.789 bits per heavy atom. The third kappa shape index (κ3) is 5.41. The van der Waals surface area contributed by atoms with E-state index < -0.39 is 0 Å². The van der Waals surface area contributed by atoms with Crippen LogP contribution in [0.3, 0.4) is 0 Å². The van der Waals surface area contributed by atoms with Crippen LogP contribution in [0.4, 0.5) is 0 Å². The summed E-state index contributed by atoms with van der Waals surface area (Å²) in [6.07, 6.45) is 0. The van der Waals surface area contributed by atoms with Crippen molar-refractivity contribution < 1.29 is 4.42 Å². The van der Waals surface area contributed by atoms with E-state index in [4.69, 9.17) is 4.42 Å². The topological polar surface area (TPSA) is 37.9 Å². The molecule has 0 saturated heterocycles. The van der Waals surface area contributed by atoms with E-state index in [0.29, 0.717) is 0 Å². The molecule has 19 heavy (non-hydrogen) atoms. The lowest BCUT2D eigenvalue weighted by atomic mass is 10.1. The molecule has 0 aliphatic carbocycles. The minimum Gasteiger partial charge on any atom is -0.454 e. The summed E-state index contributed by atoms with van der Waals surface area (Å²) < 4.78 is 5.84. The first-order valence-corrected chi connectivity index (χ1v) is 6.71. The van der Waals surface area contributed by atoms with Crippen LogP contribution in [0.15, 0.2) is 26.5 Å². The zero-order valence-corrected chi connectivity index (χ0v) is 13.5. The van der Waals surface area contributed by atoms with Crippen molar-refractivity contribution in [1.29, 1.82) is 0 Å². The molecular weight excluding hydrogens is 236 g/mol. The lowest BCUT2D eigenvalue weighted by molar-refractivity contribution is 0.532. The number of hydrogen-bond acceptors (Lipinski definition) is 3. The molecular formula is C16H26N2O. The molecule has 0 atom stereocenters. The molecule has 1 rings (SSSR count). The monoisotopic (exact) mass is 262 g/mol. The van der Waals surface area contributed by atoms with Crippen LogP contribution in [0.5, 0.6) is 0 Å². The second kappa shape index (κ2) is 5.32.